The second kappa shape index (κ2) is 6.76. The molecule has 2 aromatic carbocycles. The molecule has 0 saturated heterocycles. The molecule has 0 aliphatic rings. The fourth-order valence-electron chi connectivity index (χ4n) is 2.27. The number of hydrogen-bond donors (Lipinski definition) is 0. The minimum absolute atomic E-state index is 0.769. The highest BCUT2D eigenvalue weighted by Crippen LogP contribution is 2.24. The lowest BCUT2D eigenvalue weighted by Crippen LogP contribution is -2.00. The minimum Gasteiger partial charge on any atom is -0.255 e. The molecule has 1 heterocycles. The Labute approximate surface area is 146 Å². The van der Waals surface area contributed by atoms with Crippen LogP contribution in [-0.4, -0.2) is 25.2 Å². The van der Waals surface area contributed by atoms with Crippen LogP contribution in [0.4, 0.5) is 0 Å². The van der Waals surface area contributed by atoms with Crippen LogP contribution in [0.3, 0.4) is 0 Å². The Morgan fingerprint density at radius 3 is 2.52 bits per heavy atom. The highest BCUT2D eigenvalue weighted by molar-refractivity contribution is 9.10. The quantitative estimate of drug-likeness (QED) is 0.677. The van der Waals surface area contributed by atoms with Crippen LogP contribution in [0, 0.1) is 0 Å². The molecule has 0 fully saturated rings. The lowest BCUT2D eigenvalue weighted by Gasteiger charge is -2.07. The molecule has 6 heteroatoms. The van der Waals surface area contributed by atoms with Gasteiger partial charge in [0.2, 0.25) is 0 Å². The Bertz CT molecular complexity index is 859. The third-order valence-electron chi connectivity index (χ3n) is 3.46. The molecule has 118 valence electrons. The Hall–Kier alpha value is -1.79. The van der Waals surface area contributed by atoms with Gasteiger partial charge in [0.15, 0.2) is 11.6 Å². The van der Waals surface area contributed by atoms with Gasteiger partial charge in [0.25, 0.3) is 0 Å². The maximum absolute atomic E-state index is 11.5. The van der Waals surface area contributed by atoms with E-state index < -0.39 is 10.8 Å². The summed E-state index contributed by atoms with van der Waals surface area (Å²) in [7, 11) is -0.983. The molecule has 3 rings (SSSR count). The van der Waals surface area contributed by atoms with Crippen molar-refractivity contribution in [2.24, 2.45) is 0 Å². The first-order valence-electron chi connectivity index (χ1n) is 7.24. The maximum atomic E-state index is 11.5. The topological polar surface area (TPSA) is 47.8 Å². The molecule has 1 atom stereocenters. The van der Waals surface area contributed by atoms with Gasteiger partial charge in [-0.1, -0.05) is 28.9 Å². The van der Waals surface area contributed by atoms with E-state index in [1.54, 1.807) is 6.26 Å². The van der Waals surface area contributed by atoms with E-state index in [1.807, 2.05) is 60.1 Å². The second-order valence-corrected chi connectivity index (χ2v) is 7.37. The Kier molecular flexibility index (Phi) is 4.73. The second-order valence-electron chi connectivity index (χ2n) is 5.08. The first-order chi connectivity index (χ1) is 11.1. The van der Waals surface area contributed by atoms with Gasteiger partial charge in [0.1, 0.15) is 0 Å². The van der Waals surface area contributed by atoms with E-state index in [2.05, 4.69) is 26.0 Å². The number of benzene rings is 2. The predicted octanol–water partition coefficient (Wildman–Crippen LogP) is 4.00. The van der Waals surface area contributed by atoms with Crippen LogP contribution >= 0.6 is 15.9 Å². The minimum atomic E-state index is -0.983. The summed E-state index contributed by atoms with van der Waals surface area (Å²) in [4.78, 5) is 5.44. The van der Waals surface area contributed by atoms with Crippen molar-refractivity contribution in [1.29, 1.82) is 0 Å². The fourth-order valence-corrected chi connectivity index (χ4v) is 3.18. The Morgan fingerprint density at radius 1 is 1.17 bits per heavy atom. The molecule has 0 radical (unpaired) electrons. The highest BCUT2D eigenvalue weighted by atomic mass is 79.9. The summed E-state index contributed by atoms with van der Waals surface area (Å²) >= 11 is 3.49. The third kappa shape index (κ3) is 3.43. The number of halogens is 1. The van der Waals surface area contributed by atoms with Crippen molar-refractivity contribution >= 4 is 26.7 Å². The number of hydrogen-bond acceptors (Lipinski definition) is 3. The monoisotopic (exact) mass is 389 g/mol. The SMILES string of the molecule is CCc1nc(-c2ccc(S(C)=O)cc2)n(-c2cccc(Br)c2)n1. The number of aryl methyl sites for hydroxylation is 1. The molecular weight excluding hydrogens is 374 g/mol. The van der Waals surface area contributed by atoms with Crippen LogP contribution in [0.5, 0.6) is 0 Å². The van der Waals surface area contributed by atoms with Gasteiger partial charge in [-0.05, 0) is 42.5 Å². The lowest BCUT2D eigenvalue weighted by molar-refractivity contribution is 0.687. The largest absolute Gasteiger partial charge is 0.255 e. The van der Waals surface area contributed by atoms with Gasteiger partial charge in [0, 0.05) is 38.4 Å². The van der Waals surface area contributed by atoms with Crippen molar-refractivity contribution in [2.75, 3.05) is 6.26 Å². The van der Waals surface area contributed by atoms with E-state index in [0.29, 0.717) is 0 Å². The molecular formula is C17H16BrN3OS. The summed E-state index contributed by atoms with van der Waals surface area (Å²) in [6.45, 7) is 2.04. The number of nitrogens with zero attached hydrogens (tertiary/aromatic N) is 3. The van der Waals surface area contributed by atoms with Crippen LogP contribution in [-0.2, 0) is 17.2 Å². The van der Waals surface area contributed by atoms with E-state index in [-0.39, 0.29) is 0 Å². The van der Waals surface area contributed by atoms with Gasteiger partial charge < -0.3 is 0 Å². The molecule has 0 amide bonds. The summed E-state index contributed by atoms with van der Waals surface area (Å²) in [6.07, 6.45) is 2.44. The van der Waals surface area contributed by atoms with Crippen LogP contribution in [0.25, 0.3) is 17.1 Å². The van der Waals surface area contributed by atoms with Crippen LogP contribution in [0.15, 0.2) is 57.9 Å². The number of aromatic nitrogens is 3. The molecule has 0 N–H and O–H groups in total. The zero-order valence-electron chi connectivity index (χ0n) is 12.9. The van der Waals surface area contributed by atoms with Gasteiger partial charge in [0.05, 0.1) is 5.69 Å². The van der Waals surface area contributed by atoms with E-state index in [1.165, 1.54) is 0 Å². The van der Waals surface area contributed by atoms with E-state index in [4.69, 9.17) is 0 Å². The molecule has 3 aromatic rings. The molecule has 0 aliphatic carbocycles. The third-order valence-corrected chi connectivity index (χ3v) is 4.89. The zero-order valence-corrected chi connectivity index (χ0v) is 15.3. The smallest absolute Gasteiger partial charge is 0.163 e. The average molecular weight is 390 g/mol. The van der Waals surface area contributed by atoms with Crippen LogP contribution in [0.1, 0.15) is 12.7 Å². The van der Waals surface area contributed by atoms with Crippen molar-refractivity contribution < 1.29 is 4.21 Å². The fraction of sp³-hybridized carbons (Fsp3) is 0.176. The summed E-state index contributed by atoms with van der Waals surface area (Å²) in [5.41, 5.74) is 1.90. The molecule has 1 unspecified atom stereocenters. The summed E-state index contributed by atoms with van der Waals surface area (Å²) in [5.74, 6) is 1.58. The van der Waals surface area contributed by atoms with Gasteiger partial charge in [-0.2, -0.15) is 5.10 Å². The van der Waals surface area contributed by atoms with Gasteiger partial charge in [-0.25, -0.2) is 9.67 Å². The van der Waals surface area contributed by atoms with Crippen LogP contribution < -0.4 is 0 Å². The molecule has 0 aliphatic heterocycles. The van der Waals surface area contributed by atoms with Crippen molar-refractivity contribution in [3.8, 4) is 17.1 Å². The van der Waals surface area contributed by atoms with Crippen LogP contribution in [0.2, 0.25) is 0 Å². The van der Waals surface area contributed by atoms with Gasteiger partial charge >= 0.3 is 0 Å². The van der Waals surface area contributed by atoms with Crippen molar-refractivity contribution in [2.45, 2.75) is 18.2 Å². The van der Waals surface area contributed by atoms with Crippen molar-refractivity contribution in [3.63, 3.8) is 0 Å². The highest BCUT2D eigenvalue weighted by Gasteiger charge is 2.13. The standard InChI is InChI=1S/C17H16BrN3OS/c1-3-16-19-17(12-7-9-15(10-8-12)23(2)22)21(20-16)14-6-4-5-13(18)11-14/h4-11H,3H2,1-2H3. The van der Waals surface area contributed by atoms with Crippen molar-refractivity contribution in [3.05, 3.63) is 58.8 Å². The summed E-state index contributed by atoms with van der Waals surface area (Å²) < 4.78 is 14.4. The predicted molar refractivity (Wildman–Crippen MR) is 96.2 cm³/mol. The first-order valence-corrected chi connectivity index (χ1v) is 9.59. The van der Waals surface area contributed by atoms with E-state index >= 15 is 0 Å². The Morgan fingerprint density at radius 2 is 1.91 bits per heavy atom. The normalized spacial score (nSPS) is 12.3. The zero-order chi connectivity index (χ0) is 16.4. The van der Waals surface area contributed by atoms with Gasteiger partial charge in [-0.15, -0.1) is 0 Å². The Balaban J connectivity index is 2.11. The van der Waals surface area contributed by atoms with Crippen molar-refractivity contribution in [1.82, 2.24) is 14.8 Å². The molecule has 1 aromatic heterocycles. The summed E-state index contributed by atoms with van der Waals surface area (Å²) in [6, 6.07) is 15.6. The molecule has 0 spiro atoms. The lowest BCUT2D eigenvalue weighted by atomic mass is 10.2. The number of rotatable bonds is 4. The van der Waals surface area contributed by atoms with E-state index in [9.17, 15) is 4.21 Å². The maximum Gasteiger partial charge on any atom is 0.163 e. The average Bonchev–Trinajstić information content (AvgIpc) is 2.99. The molecule has 23 heavy (non-hydrogen) atoms. The van der Waals surface area contributed by atoms with Gasteiger partial charge in [-0.3, -0.25) is 4.21 Å². The molecule has 4 nitrogen and oxygen atoms in total. The summed E-state index contributed by atoms with van der Waals surface area (Å²) in [5, 5.41) is 4.60. The molecule has 0 saturated carbocycles. The molecule has 0 bridgehead atoms. The first kappa shape index (κ1) is 16.1. The van der Waals surface area contributed by atoms with E-state index in [0.717, 1.165) is 38.7 Å².